The van der Waals surface area contributed by atoms with Crippen LogP contribution in [0.2, 0.25) is 0 Å². The minimum Gasteiger partial charge on any atom is -0.382 e. The van der Waals surface area contributed by atoms with Crippen molar-refractivity contribution >= 4 is 27.4 Å². The van der Waals surface area contributed by atoms with E-state index in [0.29, 0.717) is 10.1 Å². The Morgan fingerprint density at radius 3 is 2.64 bits per heavy atom. The van der Waals surface area contributed by atoms with Crippen LogP contribution in [0.3, 0.4) is 0 Å². The van der Waals surface area contributed by atoms with Crippen LogP contribution in [-0.4, -0.2) is 4.37 Å². The maximum atomic E-state index is 12.3. The van der Waals surface area contributed by atoms with E-state index in [2.05, 4.69) is 4.37 Å². The highest BCUT2D eigenvalue weighted by molar-refractivity contribution is 7.13. The molecule has 2 rings (SSSR count). The monoisotopic (exact) mass is 218 g/mol. The summed E-state index contributed by atoms with van der Waals surface area (Å²) >= 11 is 1.09. The lowest BCUT2D eigenvalue weighted by Crippen LogP contribution is -2.04. The summed E-state index contributed by atoms with van der Waals surface area (Å²) in [7, 11) is 0. The third kappa shape index (κ3) is 1.41. The molecule has 0 amide bonds. The van der Waals surface area contributed by atoms with Crippen molar-refractivity contribution in [3.63, 3.8) is 0 Å². The molecule has 0 spiro atoms. The van der Waals surface area contributed by atoms with Crippen LogP contribution in [0.1, 0.15) is 5.56 Å². The molecular weight excluding hydrogens is 213 g/mol. The summed E-state index contributed by atoms with van der Waals surface area (Å²) in [6.07, 6.45) is -4.33. The molecule has 2 aromatic rings. The minimum absolute atomic E-state index is 0.149. The molecule has 0 saturated heterocycles. The standard InChI is InChI=1S/C8H5F3N2S/c9-8(10,11)4-1-2-6-5(3-4)7(12)13-14-6/h1-3H,(H2,12,13). The Hall–Kier alpha value is -1.30. The van der Waals surface area contributed by atoms with Crippen molar-refractivity contribution in [2.45, 2.75) is 6.18 Å². The lowest BCUT2D eigenvalue weighted by atomic mass is 10.1. The zero-order chi connectivity index (χ0) is 10.3. The summed E-state index contributed by atoms with van der Waals surface area (Å²) in [5.41, 5.74) is 4.72. The smallest absolute Gasteiger partial charge is 0.382 e. The fourth-order valence-electron chi connectivity index (χ4n) is 1.13. The lowest BCUT2D eigenvalue weighted by Gasteiger charge is -2.05. The molecular formula is C8H5F3N2S. The highest BCUT2D eigenvalue weighted by Gasteiger charge is 2.30. The first-order chi connectivity index (χ1) is 6.48. The van der Waals surface area contributed by atoms with Crippen LogP contribution < -0.4 is 5.73 Å². The number of alkyl halides is 3. The van der Waals surface area contributed by atoms with Gasteiger partial charge >= 0.3 is 6.18 Å². The van der Waals surface area contributed by atoms with Crippen molar-refractivity contribution in [1.82, 2.24) is 4.37 Å². The van der Waals surface area contributed by atoms with Crippen LogP contribution in [0.4, 0.5) is 19.0 Å². The van der Waals surface area contributed by atoms with E-state index in [1.54, 1.807) is 0 Å². The van der Waals surface area contributed by atoms with Crippen molar-refractivity contribution in [1.29, 1.82) is 0 Å². The number of hydrogen-bond acceptors (Lipinski definition) is 3. The Balaban J connectivity index is 2.66. The first kappa shape index (κ1) is 9.26. The second kappa shape index (κ2) is 2.84. The molecule has 2 N–H and O–H groups in total. The van der Waals surface area contributed by atoms with Gasteiger partial charge in [-0.2, -0.15) is 17.5 Å². The van der Waals surface area contributed by atoms with Gasteiger partial charge in [-0.05, 0) is 29.7 Å². The maximum absolute atomic E-state index is 12.3. The van der Waals surface area contributed by atoms with Crippen LogP contribution in [-0.2, 0) is 6.18 Å². The van der Waals surface area contributed by atoms with E-state index in [9.17, 15) is 13.2 Å². The van der Waals surface area contributed by atoms with Crippen LogP contribution in [0.5, 0.6) is 0 Å². The van der Waals surface area contributed by atoms with Gasteiger partial charge in [0.25, 0.3) is 0 Å². The summed E-state index contributed by atoms with van der Waals surface area (Å²) in [6.45, 7) is 0. The Kier molecular flexibility index (Phi) is 1.88. The molecule has 1 heterocycles. The third-order valence-corrected chi connectivity index (χ3v) is 2.67. The number of halogens is 3. The fraction of sp³-hybridized carbons (Fsp3) is 0.125. The van der Waals surface area contributed by atoms with Gasteiger partial charge in [-0.15, -0.1) is 0 Å². The van der Waals surface area contributed by atoms with Gasteiger partial charge in [-0.3, -0.25) is 0 Å². The summed E-state index contributed by atoms with van der Waals surface area (Å²) in [4.78, 5) is 0. The normalized spacial score (nSPS) is 12.2. The van der Waals surface area contributed by atoms with E-state index in [1.807, 2.05) is 0 Å². The molecule has 0 atom stereocenters. The third-order valence-electron chi connectivity index (χ3n) is 1.83. The summed E-state index contributed by atoms with van der Waals surface area (Å²) in [5.74, 6) is 0.149. The first-order valence-corrected chi connectivity index (χ1v) is 4.48. The van der Waals surface area contributed by atoms with Gasteiger partial charge in [0, 0.05) is 5.39 Å². The predicted octanol–water partition coefficient (Wildman–Crippen LogP) is 2.90. The second-order valence-corrected chi connectivity index (χ2v) is 3.58. The van der Waals surface area contributed by atoms with Gasteiger partial charge < -0.3 is 5.73 Å². The highest BCUT2D eigenvalue weighted by Crippen LogP contribution is 2.33. The van der Waals surface area contributed by atoms with Crippen LogP contribution in [0, 0.1) is 0 Å². The van der Waals surface area contributed by atoms with Gasteiger partial charge in [-0.25, -0.2) is 0 Å². The topological polar surface area (TPSA) is 38.9 Å². The zero-order valence-corrected chi connectivity index (χ0v) is 7.62. The number of nitrogen functional groups attached to an aromatic ring is 1. The number of rotatable bonds is 0. The zero-order valence-electron chi connectivity index (χ0n) is 6.80. The van der Waals surface area contributed by atoms with Crippen molar-refractivity contribution < 1.29 is 13.2 Å². The highest BCUT2D eigenvalue weighted by atomic mass is 32.1. The van der Waals surface area contributed by atoms with Gasteiger partial charge in [-0.1, -0.05) is 0 Å². The van der Waals surface area contributed by atoms with Crippen molar-refractivity contribution in [3.05, 3.63) is 23.8 Å². The first-order valence-electron chi connectivity index (χ1n) is 3.70. The molecule has 0 unspecified atom stereocenters. The predicted molar refractivity (Wildman–Crippen MR) is 49.0 cm³/mol. The lowest BCUT2D eigenvalue weighted by molar-refractivity contribution is -0.137. The molecule has 74 valence electrons. The molecule has 0 aliphatic heterocycles. The largest absolute Gasteiger partial charge is 0.416 e. The van der Waals surface area contributed by atoms with Gasteiger partial charge in [0.05, 0.1) is 10.3 Å². The fourth-order valence-corrected chi connectivity index (χ4v) is 1.82. The van der Waals surface area contributed by atoms with Crippen molar-refractivity contribution in [2.75, 3.05) is 5.73 Å². The molecule has 6 heteroatoms. The summed E-state index contributed by atoms with van der Waals surface area (Å²) < 4.78 is 41.3. The number of anilines is 1. The Bertz CT molecular complexity index is 475. The van der Waals surface area contributed by atoms with E-state index in [-0.39, 0.29) is 5.82 Å². The molecule has 1 aromatic heterocycles. The van der Waals surface area contributed by atoms with Crippen LogP contribution >= 0.6 is 11.5 Å². The van der Waals surface area contributed by atoms with E-state index in [4.69, 9.17) is 5.73 Å². The molecule has 0 aliphatic carbocycles. The average Bonchev–Trinajstić information content (AvgIpc) is 2.46. The Labute approximate surface area is 81.3 Å². The van der Waals surface area contributed by atoms with E-state index >= 15 is 0 Å². The number of benzene rings is 1. The van der Waals surface area contributed by atoms with Crippen molar-refractivity contribution in [2.24, 2.45) is 0 Å². The Morgan fingerprint density at radius 2 is 2.00 bits per heavy atom. The second-order valence-electron chi connectivity index (χ2n) is 2.78. The summed E-state index contributed by atoms with van der Waals surface area (Å²) in [5, 5.41) is 0.366. The quantitative estimate of drug-likeness (QED) is 0.738. The van der Waals surface area contributed by atoms with E-state index in [1.165, 1.54) is 6.07 Å². The van der Waals surface area contributed by atoms with E-state index < -0.39 is 11.7 Å². The molecule has 0 radical (unpaired) electrons. The van der Waals surface area contributed by atoms with Gasteiger partial charge in [0.2, 0.25) is 0 Å². The number of fused-ring (bicyclic) bond motifs is 1. The molecule has 2 nitrogen and oxygen atoms in total. The van der Waals surface area contributed by atoms with E-state index in [0.717, 1.165) is 23.7 Å². The van der Waals surface area contributed by atoms with Crippen LogP contribution in [0.15, 0.2) is 18.2 Å². The number of aromatic nitrogens is 1. The van der Waals surface area contributed by atoms with Crippen LogP contribution in [0.25, 0.3) is 10.1 Å². The molecule has 0 fully saturated rings. The summed E-state index contributed by atoms with van der Waals surface area (Å²) in [6, 6.07) is 3.43. The molecule has 0 saturated carbocycles. The maximum Gasteiger partial charge on any atom is 0.416 e. The van der Waals surface area contributed by atoms with Gasteiger partial charge in [0.15, 0.2) is 0 Å². The molecule has 14 heavy (non-hydrogen) atoms. The average molecular weight is 218 g/mol. The molecule has 0 aliphatic rings. The minimum atomic E-state index is -4.33. The Morgan fingerprint density at radius 1 is 1.29 bits per heavy atom. The van der Waals surface area contributed by atoms with Gasteiger partial charge in [0.1, 0.15) is 5.82 Å². The number of nitrogens with two attached hydrogens (primary N) is 1. The van der Waals surface area contributed by atoms with Crippen molar-refractivity contribution in [3.8, 4) is 0 Å². The number of nitrogens with zero attached hydrogens (tertiary/aromatic N) is 1. The number of hydrogen-bond donors (Lipinski definition) is 1. The molecule has 0 bridgehead atoms. The molecule has 1 aromatic carbocycles. The SMILES string of the molecule is Nc1nsc2ccc(C(F)(F)F)cc12.